The van der Waals surface area contributed by atoms with Crippen LogP contribution in [-0.4, -0.2) is 28.4 Å². The molecule has 1 aromatic rings. The van der Waals surface area contributed by atoms with Crippen LogP contribution in [-0.2, 0) is 10.8 Å². The Morgan fingerprint density at radius 3 is 2.58 bits per heavy atom. The van der Waals surface area contributed by atoms with Gasteiger partial charge in [0, 0.05) is 52.4 Å². The van der Waals surface area contributed by atoms with Crippen LogP contribution < -0.4 is 15.8 Å². The first-order valence-corrected chi connectivity index (χ1v) is 8.23. The quantitative estimate of drug-likeness (QED) is 0.755. The van der Waals surface area contributed by atoms with Crippen LogP contribution in [0.1, 0.15) is 27.2 Å². The van der Waals surface area contributed by atoms with E-state index >= 15 is 0 Å². The van der Waals surface area contributed by atoms with Gasteiger partial charge < -0.3 is 15.8 Å². The van der Waals surface area contributed by atoms with Crippen molar-refractivity contribution in [2.24, 2.45) is 0 Å². The second kappa shape index (κ2) is 7.38. The van der Waals surface area contributed by atoms with Crippen molar-refractivity contribution < 1.29 is 8.95 Å². The second-order valence-electron chi connectivity index (χ2n) is 5.07. The molecule has 5 heteroatoms. The summed E-state index contributed by atoms with van der Waals surface area (Å²) in [6.45, 7) is 6.03. The van der Waals surface area contributed by atoms with E-state index in [1.165, 1.54) is 0 Å². The fraction of sp³-hybridized carbons (Fsp3) is 0.571. The van der Waals surface area contributed by atoms with E-state index < -0.39 is 10.8 Å². The molecule has 0 heterocycles. The van der Waals surface area contributed by atoms with Crippen molar-refractivity contribution in [1.29, 1.82) is 0 Å². The largest absolute Gasteiger partial charge is 0.491 e. The van der Waals surface area contributed by atoms with Crippen LogP contribution in [0.4, 0.5) is 11.4 Å². The van der Waals surface area contributed by atoms with Crippen molar-refractivity contribution in [3.05, 3.63) is 18.2 Å². The van der Waals surface area contributed by atoms with Gasteiger partial charge in [-0.3, -0.25) is 4.21 Å². The van der Waals surface area contributed by atoms with Gasteiger partial charge in [0.15, 0.2) is 0 Å². The minimum Gasteiger partial charge on any atom is -0.491 e. The summed E-state index contributed by atoms with van der Waals surface area (Å²) in [5, 5.41) is 3.36. The molecule has 0 aliphatic carbocycles. The molecule has 0 aliphatic heterocycles. The van der Waals surface area contributed by atoms with Crippen LogP contribution >= 0.6 is 0 Å². The molecule has 2 unspecified atom stereocenters. The molecule has 2 atom stereocenters. The molecule has 3 N–H and O–H groups in total. The Bertz CT molecular complexity index is 435. The summed E-state index contributed by atoms with van der Waals surface area (Å²) in [5.41, 5.74) is 7.47. The fourth-order valence-electron chi connectivity index (χ4n) is 1.75. The molecule has 0 aromatic heterocycles. The minimum atomic E-state index is -0.750. The van der Waals surface area contributed by atoms with Gasteiger partial charge in [-0.25, -0.2) is 0 Å². The maximum absolute atomic E-state index is 11.1. The van der Waals surface area contributed by atoms with Crippen LogP contribution in [0.3, 0.4) is 0 Å². The number of nitrogens with one attached hydrogen (secondary N) is 1. The summed E-state index contributed by atoms with van der Waals surface area (Å²) in [7, 11) is -0.750. The van der Waals surface area contributed by atoms with E-state index in [0.29, 0.717) is 11.4 Å². The SMILES string of the molecule is CC(CCS(C)=O)Nc1cc(N)cc(OC(C)C)c1. The first kappa shape index (κ1) is 15.8. The van der Waals surface area contributed by atoms with Gasteiger partial charge in [0.05, 0.1) is 6.10 Å². The zero-order valence-corrected chi connectivity index (χ0v) is 12.9. The fourth-order valence-corrected chi connectivity index (χ4v) is 2.43. The predicted molar refractivity (Wildman–Crippen MR) is 83.3 cm³/mol. The lowest BCUT2D eigenvalue weighted by Gasteiger charge is -2.17. The zero-order valence-electron chi connectivity index (χ0n) is 12.1. The Labute approximate surface area is 118 Å². The zero-order chi connectivity index (χ0) is 14.4. The van der Waals surface area contributed by atoms with E-state index in [0.717, 1.165) is 17.9 Å². The molecule has 0 fully saturated rings. The predicted octanol–water partition coefficient (Wildman–Crippen LogP) is 2.63. The van der Waals surface area contributed by atoms with Gasteiger partial charge in [-0.1, -0.05) is 0 Å². The molecule has 0 saturated carbocycles. The van der Waals surface area contributed by atoms with Gasteiger partial charge in [-0.15, -0.1) is 0 Å². The summed E-state index contributed by atoms with van der Waals surface area (Å²) in [6.07, 6.45) is 2.70. The number of ether oxygens (including phenoxy) is 1. The first-order valence-electron chi connectivity index (χ1n) is 6.50. The number of nitrogens with two attached hydrogens (primary N) is 1. The highest BCUT2D eigenvalue weighted by atomic mass is 32.2. The summed E-state index contributed by atoms with van der Waals surface area (Å²) in [6, 6.07) is 5.89. The summed E-state index contributed by atoms with van der Waals surface area (Å²) >= 11 is 0. The van der Waals surface area contributed by atoms with Crippen molar-refractivity contribution in [2.45, 2.75) is 39.3 Å². The monoisotopic (exact) mass is 284 g/mol. The molecule has 0 radical (unpaired) electrons. The molecule has 0 spiro atoms. The van der Waals surface area contributed by atoms with E-state index in [9.17, 15) is 4.21 Å². The van der Waals surface area contributed by atoms with Gasteiger partial charge in [0.1, 0.15) is 5.75 Å². The van der Waals surface area contributed by atoms with Crippen LogP contribution in [0.25, 0.3) is 0 Å². The maximum atomic E-state index is 11.1. The molecule has 108 valence electrons. The Balaban J connectivity index is 2.66. The third kappa shape index (κ3) is 6.47. The van der Waals surface area contributed by atoms with Crippen molar-refractivity contribution in [2.75, 3.05) is 23.1 Å². The van der Waals surface area contributed by atoms with Gasteiger partial charge in [0.2, 0.25) is 0 Å². The van der Waals surface area contributed by atoms with Crippen LogP contribution in [0.2, 0.25) is 0 Å². The number of rotatable bonds is 7. The highest BCUT2D eigenvalue weighted by molar-refractivity contribution is 7.84. The minimum absolute atomic E-state index is 0.120. The number of anilines is 2. The molecular formula is C14H24N2O2S. The normalized spacial score (nSPS) is 14.2. The van der Waals surface area contributed by atoms with Crippen molar-refractivity contribution in [3.8, 4) is 5.75 Å². The molecule has 0 bridgehead atoms. The Morgan fingerprint density at radius 2 is 2.00 bits per heavy atom. The van der Waals surface area contributed by atoms with E-state index in [1.807, 2.05) is 32.0 Å². The molecule has 19 heavy (non-hydrogen) atoms. The van der Waals surface area contributed by atoms with Gasteiger partial charge in [0.25, 0.3) is 0 Å². The average Bonchev–Trinajstić information content (AvgIpc) is 2.24. The Hall–Kier alpha value is -1.23. The molecule has 4 nitrogen and oxygen atoms in total. The van der Waals surface area contributed by atoms with Gasteiger partial charge in [-0.05, 0) is 33.3 Å². The highest BCUT2D eigenvalue weighted by Crippen LogP contribution is 2.24. The van der Waals surface area contributed by atoms with Crippen LogP contribution in [0, 0.1) is 0 Å². The van der Waals surface area contributed by atoms with Crippen molar-refractivity contribution in [1.82, 2.24) is 0 Å². The molecule has 1 rings (SSSR count). The van der Waals surface area contributed by atoms with Crippen molar-refractivity contribution >= 4 is 22.2 Å². The molecule has 0 saturated heterocycles. The number of benzene rings is 1. The molecule has 1 aromatic carbocycles. The summed E-state index contributed by atoms with van der Waals surface area (Å²) in [4.78, 5) is 0. The van der Waals surface area contributed by atoms with E-state index in [2.05, 4.69) is 12.2 Å². The Kier molecular flexibility index (Phi) is 6.15. The molecular weight excluding hydrogens is 260 g/mol. The third-order valence-electron chi connectivity index (χ3n) is 2.55. The van der Waals surface area contributed by atoms with E-state index in [-0.39, 0.29) is 12.1 Å². The highest BCUT2D eigenvalue weighted by Gasteiger charge is 2.06. The molecule has 0 aliphatic rings. The van der Waals surface area contributed by atoms with E-state index in [1.54, 1.807) is 6.26 Å². The number of hydrogen-bond donors (Lipinski definition) is 2. The third-order valence-corrected chi connectivity index (χ3v) is 3.36. The second-order valence-corrected chi connectivity index (χ2v) is 6.62. The van der Waals surface area contributed by atoms with Gasteiger partial charge >= 0.3 is 0 Å². The summed E-state index contributed by atoms with van der Waals surface area (Å²) in [5.74, 6) is 1.47. The van der Waals surface area contributed by atoms with Crippen LogP contribution in [0.15, 0.2) is 18.2 Å². The van der Waals surface area contributed by atoms with E-state index in [4.69, 9.17) is 10.5 Å². The first-order chi connectivity index (χ1) is 8.86. The lowest BCUT2D eigenvalue weighted by atomic mass is 10.2. The number of nitrogen functional groups attached to an aromatic ring is 1. The average molecular weight is 284 g/mol. The molecule has 0 amide bonds. The topological polar surface area (TPSA) is 64.4 Å². The van der Waals surface area contributed by atoms with Crippen LogP contribution in [0.5, 0.6) is 5.75 Å². The standard InChI is InChI=1S/C14H24N2O2S/c1-10(2)18-14-8-12(15)7-13(9-14)16-11(3)5-6-19(4)17/h7-11,16H,5-6,15H2,1-4H3. The summed E-state index contributed by atoms with van der Waals surface area (Å²) < 4.78 is 16.7. The number of hydrogen-bond acceptors (Lipinski definition) is 4. The van der Waals surface area contributed by atoms with Gasteiger partial charge in [-0.2, -0.15) is 0 Å². The lowest BCUT2D eigenvalue weighted by molar-refractivity contribution is 0.242. The maximum Gasteiger partial charge on any atom is 0.123 e. The lowest BCUT2D eigenvalue weighted by Crippen LogP contribution is -2.18. The van der Waals surface area contributed by atoms with Crippen molar-refractivity contribution in [3.63, 3.8) is 0 Å². The smallest absolute Gasteiger partial charge is 0.123 e. The Morgan fingerprint density at radius 1 is 1.32 bits per heavy atom.